The van der Waals surface area contributed by atoms with Crippen molar-refractivity contribution in [2.75, 3.05) is 0 Å². The van der Waals surface area contributed by atoms with Gasteiger partial charge < -0.3 is 5.32 Å². The van der Waals surface area contributed by atoms with E-state index >= 15 is 0 Å². The van der Waals surface area contributed by atoms with Crippen LogP contribution in [-0.4, -0.2) is 11.9 Å². The molecule has 102 valence electrons. The molecule has 0 radical (unpaired) electrons. The molecule has 19 heavy (non-hydrogen) atoms. The van der Waals surface area contributed by atoms with Gasteiger partial charge in [-0.3, -0.25) is 4.79 Å². The predicted molar refractivity (Wildman–Crippen MR) is 73.5 cm³/mol. The Hall–Kier alpha value is -1.38. The maximum Gasteiger partial charge on any atom is 0.251 e. The van der Waals surface area contributed by atoms with Crippen LogP contribution in [0.2, 0.25) is 0 Å². The van der Waals surface area contributed by atoms with Crippen LogP contribution in [0.4, 0.5) is 0 Å². The first-order valence-corrected chi connectivity index (χ1v) is 7.39. The molecule has 0 unspecified atom stereocenters. The number of carbonyl (C=O) groups is 1. The summed E-state index contributed by atoms with van der Waals surface area (Å²) < 4.78 is 1.94. The van der Waals surface area contributed by atoms with Gasteiger partial charge in [-0.15, -0.1) is 0 Å². The molecule has 2 fully saturated rings. The Morgan fingerprint density at radius 1 is 1.32 bits per heavy atom. The summed E-state index contributed by atoms with van der Waals surface area (Å²) in [7, 11) is 1.96. The number of nitrogens with zero attached hydrogens (tertiary/aromatic N) is 1. The second kappa shape index (κ2) is 4.95. The van der Waals surface area contributed by atoms with E-state index in [4.69, 9.17) is 0 Å². The molecule has 1 aromatic rings. The molecule has 0 aliphatic heterocycles. The number of fused-ring (bicyclic) bond motifs is 2. The highest BCUT2D eigenvalue weighted by Crippen LogP contribution is 2.49. The van der Waals surface area contributed by atoms with Crippen molar-refractivity contribution >= 4 is 5.91 Å². The van der Waals surface area contributed by atoms with Crippen LogP contribution in [0.1, 0.15) is 43.0 Å². The van der Waals surface area contributed by atoms with Crippen molar-refractivity contribution in [1.82, 2.24) is 5.32 Å². The molecule has 3 nitrogen and oxygen atoms in total. The van der Waals surface area contributed by atoms with Gasteiger partial charge in [0.1, 0.15) is 7.05 Å². The van der Waals surface area contributed by atoms with E-state index in [1.807, 2.05) is 36.1 Å². The molecule has 0 saturated heterocycles. The van der Waals surface area contributed by atoms with Crippen LogP contribution < -0.4 is 9.88 Å². The normalized spacial score (nSPS) is 30.3. The van der Waals surface area contributed by atoms with Gasteiger partial charge in [0.2, 0.25) is 0 Å². The summed E-state index contributed by atoms with van der Waals surface area (Å²) in [5, 5.41) is 3.19. The van der Waals surface area contributed by atoms with Gasteiger partial charge in [-0.25, -0.2) is 4.57 Å². The molecule has 1 N–H and O–H groups in total. The monoisotopic (exact) mass is 259 g/mol. The van der Waals surface area contributed by atoms with Crippen molar-refractivity contribution < 1.29 is 9.36 Å². The lowest BCUT2D eigenvalue weighted by Gasteiger charge is -2.28. The zero-order valence-electron chi connectivity index (χ0n) is 11.8. The number of hydrogen-bond acceptors (Lipinski definition) is 1. The third-order valence-corrected chi connectivity index (χ3v) is 5.03. The zero-order chi connectivity index (χ0) is 13.4. The standard InChI is InChI=1S/C16H22N2O/c1-11(15-10-12-3-4-14(15)9-12)17-16(19)13-5-7-18(2)8-6-13/h5-8,11-12,14-15H,3-4,9-10H2,1-2H3/p+1/t11-,12-,14-,15-/m1/s1. The van der Waals surface area contributed by atoms with Gasteiger partial charge in [0.15, 0.2) is 12.4 Å². The van der Waals surface area contributed by atoms with Crippen molar-refractivity contribution in [1.29, 1.82) is 0 Å². The van der Waals surface area contributed by atoms with Gasteiger partial charge >= 0.3 is 0 Å². The van der Waals surface area contributed by atoms with E-state index in [9.17, 15) is 4.79 Å². The van der Waals surface area contributed by atoms with Crippen LogP contribution in [0.25, 0.3) is 0 Å². The summed E-state index contributed by atoms with van der Waals surface area (Å²) in [4.78, 5) is 12.2. The van der Waals surface area contributed by atoms with Crippen LogP contribution in [0.15, 0.2) is 24.5 Å². The quantitative estimate of drug-likeness (QED) is 0.828. The first kappa shape index (κ1) is 12.6. The Labute approximate surface area is 115 Å². The Bertz CT molecular complexity index is 468. The average Bonchev–Trinajstić information content (AvgIpc) is 3.01. The molecule has 3 rings (SSSR count). The molecule has 0 aromatic carbocycles. The fourth-order valence-electron chi connectivity index (χ4n) is 3.96. The summed E-state index contributed by atoms with van der Waals surface area (Å²) >= 11 is 0. The number of rotatable bonds is 3. The summed E-state index contributed by atoms with van der Waals surface area (Å²) in [5.74, 6) is 2.55. The number of pyridine rings is 1. The number of aryl methyl sites for hydroxylation is 1. The molecular weight excluding hydrogens is 236 g/mol. The largest absolute Gasteiger partial charge is 0.349 e. The number of aromatic nitrogens is 1. The highest BCUT2D eigenvalue weighted by Gasteiger charge is 2.42. The number of nitrogens with one attached hydrogen (secondary N) is 1. The highest BCUT2D eigenvalue weighted by atomic mass is 16.1. The van der Waals surface area contributed by atoms with Crippen molar-refractivity contribution in [2.45, 2.75) is 38.6 Å². The lowest BCUT2D eigenvalue weighted by atomic mass is 9.84. The van der Waals surface area contributed by atoms with Gasteiger partial charge in [0.05, 0.1) is 5.56 Å². The van der Waals surface area contributed by atoms with Crippen LogP contribution in [0.5, 0.6) is 0 Å². The lowest BCUT2D eigenvalue weighted by Crippen LogP contribution is -2.40. The Morgan fingerprint density at radius 3 is 2.63 bits per heavy atom. The number of amides is 1. The molecule has 4 atom stereocenters. The molecule has 1 heterocycles. The molecule has 1 aromatic heterocycles. The van der Waals surface area contributed by atoms with E-state index in [-0.39, 0.29) is 5.91 Å². The Kier molecular flexibility index (Phi) is 3.29. The molecule has 0 spiro atoms. The van der Waals surface area contributed by atoms with E-state index in [1.54, 1.807) is 0 Å². The fraction of sp³-hybridized carbons (Fsp3) is 0.625. The molecule has 3 heteroatoms. The van der Waals surface area contributed by atoms with Crippen LogP contribution in [-0.2, 0) is 7.05 Å². The van der Waals surface area contributed by atoms with Crippen molar-refractivity contribution in [3.63, 3.8) is 0 Å². The topological polar surface area (TPSA) is 33.0 Å². The van der Waals surface area contributed by atoms with Crippen molar-refractivity contribution in [2.24, 2.45) is 24.8 Å². The maximum absolute atomic E-state index is 12.2. The van der Waals surface area contributed by atoms with E-state index in [1.165, 1.54) is 25.7 Å². The Balaban J connectivity index is 1.61. The minimum Gasteiger partial charge on any atom is -0.349 e. The van der Waals surface area contributed by atoms with E-state index < -0.39 is 0 Å². The van der Waals surface area contributed by atoms with Gasteiger partial charge in [-0.05, 0) is 43.9 Å². The molecule has 1 amide bonds. The second-order valence-electron chi connectivity index (χ2n) is 6.35. The third-order valence-electron chi connectivity index (χ3n) is 5.03. The second-order valence-corrected chi connectivity index (χ2v) is 6.35. The first-order valence-electron chi connectivity index (χ1n) is 7.39. The van der Waals surface area contributed by atoms with E-state index in [0.717, 1.165) is 17.4 Å². The van der Waals surface area contributed by atoms with Crippen molar-refractivity contribution in [3.8, 4) is 0 Å². The summed E-state index contributed by atoms with van der Waals surface area (Å²) in [6.07, 6.45) is 9.32. The minimum absolute atomic E-state index is 0.0656. The lowest BCUT2D eigenvalue weighted by molar-refractivity contribution is -0.671. The first-order chi connectivity index (χ1) is 9.13. The molecule has 2 saturated carbocycles. The predicted octanol–water partition coefficient (Wildman–Crippen LogP) is 2.07. The number of carbonyl (C=O) groups excluding carboxylic acids is 1. The van der Waals surface area contributed by atoms with Gasteiger partial charge in [-0.2, -0.15) is 0 Å². The van der Waals surface area contributed by atoms with Crippen LogP contribution in [0, 0.1) is 17.8 Å². The minimum atomic E-state index is 0.0656. The van der Waals surface area contributed by atoms with Crippen LogP contribution >= 0.6 is 0 Å². The molecule has 2 bridgehead atoms. The summed E-state index contributed by atoms with van der Waals surface area (Å²) in [5.41, 5.74) is 0.758. The van der Waals surface area contributed by atoms with Gasteiger partial charge in [0, 0.05) is 18.2 Å². The van der Waals surface area contributed by atoms with Gasteiger partial charge in [0.25, 0.3) is 5.91 Å². The van der Waals surface area contributed by atoms with Gasteiger partial charge in [-0.1, -0.05) is 6.42 Å². The van der Waals surface area contributed by atoms with Crippen molar-refractivity contribution in [3.05, 3.63) is 30.1 Å². The fourth-order valence-corrected chi connectivity index (χ4v) is 3.96. The van der Waals surface area contributed by atoms with E-state index in [0.29, 0.717) is 12.0 Å². The van der Waals surface area contributed by atoms with E-state index in [2.05, 4.69) is 12.2 Å². The SMILES string of the molecule is C[C@@H](NC(=O)c1cc[n+](C)cc1)[C@H]1C[C@@H]2CC[C@@H]1C2. The summed E-state index contributed by atoms with van der Waals surface area (Å²) in [6, 6.07) is 4.06. The average molecular weight is 259 g/mol. The highest BCUT2D eigenvalue weighted by molar-refractivity contribution is 5.94. The molecule has 2 aliphatic rings. The molecule has 2 aliphatic carbocycles. The molecular formula is C16H23N2O+. The number of hydrogen-bond donors (Lipinski definition) is 1. The van der Waals surface area contributed by atoms with Crippen LogP contribution in [0.3, 0.4) is 0 Å². The maximum atomic E-state index is 12.2. The smallest absolute Gasteiger partial charge is 0.251 e. The zero-order valence-corrected chi connectivity index (χ0v) is 11.8. The third kappa shape index (κ3) is 2.51. The summed E-state index contributed by atoms with van der Waals surface area (Å²) in [6.45, 7) is 2.17. The Morgan fingerprint density at radius 2 is 2.05 bits per heavy atom.